The van der Waals surface area contributed by atoms with Gasteiger partial charge in [0, 0.05) is 12.3 Å². The van der Waals surface area contributed by atoms with Crippen LogP contribution < -0.4 is 5.56 Å². The summed E-state index contributed by atoms with van der Waals surface area (Å²) in [7, 11) is 0. The molecular formula is C9H9NO5. The molecule has 0 radical (unpaired) electrons. The van der Waals surface area contributed by atoms with Gasteiger partial charge in [0.1, 0.15) is 6.04 Å². The highest BCUT2D eigenvalue weighted by Gasteiger charge is 2.15. The van der Waals surface area contributed by atoms with E-state index in [2.05, 4.69) is 0 Å². The molecule has 1 aromatic rings. The molecule has 80 valence electrons. The first-order chi connectivity index (χ1) is 6.93. The minimum Gasteiger partial charge on any atom is -0.480 e. The zero-order chi connectivity index (χ0) is 11.6. The van der Waals surface area contributed by atoms with E-state index in [0.717, 1.165) is 22.9 Å². The maximum Gasteiger partial charge on any atom is 0.337 e. The topological polar surface area (TPSA) is 96.6 Å². The van der Waals surface area contributed by atoms with Crippen LogP contribution in [0.3, 0.4) is 0 Å². The number of rotatable bonds is 3. The molecule has 0 spiro atoms. The molecule has 0 fully saturated rings. The number of carbonyl (C=O) groups is 2. The smallest absolute Gasteiger partial charge is 0.337 e. The molecule has 0 aliphatic heterocycles. The summed E-state index contributed by atoms with van der Waals surface area (Å²) in [4.78, 5) is 32.5. The highest BCUT2D eigenvalue weighted by Crippen LogP contribution is 2.04. The van der Waals surface area contributed by atoms with Gasteiger partial charge in [-0.15, -0.1) is 0 Å². The zero-order valence-electron chi connectivity index (χ0n) is 7.88. The van der Waals surface area contributed by atoms with Crippen molar-refractivity contribution < 1.29 is 19.8 Å². The van der Waals surface area contributed by atoms with Crippen LogP contribution in [0.2, 0.25) is 0 Å². The maximum absolute atomic E-state index is 11.2. The number of hydrogen-bond donors (Lipinski definition) is 2. The molecule has 1 rings (SSSR count). The number of aromatic carboxylic acids is 1. The second-order valence-electron chi connectivity index (χ2n) is 2.98. The van der Waals surface area contributed by atoms with Gasteiger partial charge >= 0.3 is 11.9 Å². The van der Waals surface area contributed by atoms with Gasteiger partial charge in [0.05, 0.1) is 5.56 Å². The Labute approximate surface area is 84.4 Å². The number of aromatic nitrogens is 1. The fourth-order valence-electron chi connectivity index (χ4n) is 1.05. The van der Waals surface area contributed by atoms with Crippen molar-refractivity contribution in [3.8, 4) is 0 Å². The standard InChI is InChI=1S/C9H9NO5/c1-5(8(12)13)10-4-6(9(14)15)2-3-7(10)11/h2-5H,1H3,(H,12,13)(H,14,15)/t5-/m0/s1. The molecule has 6 nitrogen and oxygen atoms in total. The number of carboxylic acids is 2. The van der Waals surface area contributed by atoms with Crippen LogP contribution in [-0.2, 0) is 4.79 Å². The Morgan fingerprint density at radius 3 is 2.40 bits per heavy atom. The van der Waals surface area contributed by atoms with Crippen molar-refractivity contribution in [2.45, 2.75) is 13.0 Å². The first-order valence-electron chi connectivity index (χ1n) is 4.11. The van der Waals surface area contributed by atoms with E-state index in [1.54, 1.807) is 0 Å². The minimum atomic E-state index is -1.21. The molecule has 0 aliphatic rings. The average molecular weight is 211 g/mol. The summed E-state index contributed by atoms with van der Waals surface area (Å²) in [5, 5.41) is 17.3. The lowest BCUT2D eigenvalue weighted by Gasteiger charge is -2.10. The fraction of sp³-hybridized carbons (Fsp3) is 0.222. The molecule has 0 amide bonds. The van der Waals surface area contributed by atoms with E-state index in [-0.39, 0.29) is 5.56 Å². The average Bonchev–Trinajstić information content (AvgIpc) is 2.16. The molecule has 1 heterocycles. The van der Waals surface area contributed by atoms with Gasteiger partial charge in [-0.2, -0.15) is 0 Å². The van der Waals surface area contributed by atoms with Gasteiger partial charge in [0.25, 0.3) is 5.56 Å². The lowest BCUT2D eigenvalue weighted by molar-refractivity contribution is -0.140. The van der Waals surface area contributed by atoms with Gasteiger partial charge in [-0.05, 0) is 13.0 Å². The van der Waals surface area contributed by atoms with Crippen LogP contribution in [0.5, 0.6) is 0 Å². The van der Waals surface area contributed by atoms with Gasteiger partial charge in [0.2, 0.25) is 0 Å². The van der Waals surface area contributed by atoms with Gasteiger partial charge in [-0.25, -0.2) is 9.59 Å². The molecule has 0 unspecified atom stereocenters. The highest BCUT2D eigenvalue weighted by atomic mass is 16.4. The zero-order valence-corrected chi connectivity index (χ0v) is 7.88. The van der Waals surface area contributed by atoms with Crippen molar-refractivity contribution >= 4 is 11.9 Å². The van der Waals surface area contributed by atoms with E-state index < -0.39 is 23.5 Å². The van der Waals surface area contributed by atoms with Crippen LogP contribution in [0.25, 0.3) is 0 Å². The van der Waals surface area contributed by atoms with E-state index >= 15 is 0 Å². The van der Waals surface area contributed by atoms with Gasteiger partial charge in [0.15, 0.2) is 0 Å². The van der Waals surface area contributed by atoms with E-state index in [1.165, 1.54) is 6.92 Å². The normalized spacial score (nSPS) is 12.1. The van der Waals surface area contributed by atoms with Gasteiger partial charge < -0.3 is 14.8 Å². The van der Waals surface area contributed by atoms with E-state index in [0.29, 0.717) is 0 Å². The largest absolute Gasteiger partial charge is 0.480 e. The van der Waals surface area contributed by atoms with Crippen LogP contribution in [0.4, 0.5) is 0 Å². The predicted molar refractivity (Wildman–Crippen MR) is 50.0 cm³/mol. The predicted octanol–water partition coefficient (Wildman–Crippen LogP) is 0.192. The second-order valence-corrected chi connectivity index (χ2v) is 2.98. The number of hydrogen-bond acceptors (Lipinski definition) is 3. The Balaban J connectivity index is 3.28. The lowest BCUT2D eigenvalue weighted by Crippen LogP contribution is -2.27. The molecule has 0 bridgehead atoms. The van der Waals surface area contributed by atoms with Crippen LogP contribution in [0.15, 0.2) is 23.1 Å². The van der Waals surface area contributed by atoms with Crippen molar-refractivity contribution in [2.24, 2.45) is 0 Å². The van der Waals surface area contributed by atoms with Crippen molar-refractivity contribution in [3.05, 3.63) is 34.2 Å². The quantitative estimate of drug-likeness (QED) is 0.743. The first-order valence-corrected chi connectivity index (χ1v) is 4.11. The summed E-state index contributed by atoms with van der Waals surface area (Å²) >= 11 is 0. The SMILES string of the molecule is C[C@@H](C(=O)O)n1cc(C(=O)O)ccc1=O. The van der Waals surface area contributed by atoms with Crippen LogP contribution >= 0.6 is 0 Å². The summed E-state index contributed by atoms with van der Waals surface area (Å²) in [5.74, 6) is -2.40. The van der Waals surface area contributed by atoms with Crippen LogP contribution in [-0.4, -0.2) is 26.7 Å². The summed E-state index contributed by atoms with van der Waals surface area (Å²) in [6.07, 6.45) is 1.02. The minimum absolute atomic E-state index is 0.122. The molecule has 0 aromatic carbocycles. The molecule has 15 heavy (non-hydrogen) atoms. The third-order valence-corrected chi connectivity index (χ3v) is 1.96. The highest BCUT2D eigenvalue weighted by molar-refractivity contribution is 5.87. The number of pyridine rings is 1. The van der Waals surface area contributed by atoms with E-state index in [9.17, 15) is 14.4 Å². The van der Waals surface area contributed by atoms with Crippen molar-refractivity contribution in [1.82, 2.24) is 4.57 Å². The molecule has 0 saturated carbocycles. The summed E-state index contributed by atoms with van der Waals surface area (Å²) in [6, 6.07) is 1.08. The summed E-state index contributed by atoms with van der Waals surface area (Å²) in [6.45, 7) is 1.30. The molecule has 1 atom stereocenters. The number of carboxylic acid groups (broad SMARTS) is 2. The Hall–Kier alpha value is -2.11. The Bertz CT molecular complexity index is 462. The Morgan fingerprint density at radius 1 is 1.33 bits per heavy atom. The van der Waals surface area contributed by atoms with Crippen molar-refractivity contribution in [2.75, 3.05) is 0 Å². The lowest BCUT2D eigenvalue weighted by atomic mass is 10.2. The van der Waals surface area contributed by atoms with Crippen LogP contribution in [0.1, 0.15) is 23.3 Å². The van der Waals surface area contributed by atoms with Crippen molar-refractivity contribution in [3.63, 3.8) is 0 Å². The van der Waals surface area contributed by atoms with E-state index in [4.69, 9.17) is 10.2 Å². The second kappa shape index (κ2) is 3.95. The van der Waals surface area contributed by atoms with Crippen molar-refractivity contribution in [1.29, 1.82) is 0 Å². The van der Waals surface area contributed by atoms with E-state index in [1.807, 2.05) is 0 Å². The molecule has 2 N–H and O–H groups in total. The molecular weight excluding hydrogens is 202 g/mol. The summed E-state index contributed by atoms with van der Waals surface area (Å²) < 4.78 is 0.867. The Kier molecular flexibility index (Phi) is 2.89. The summed E-state index contributed by atoms with van der Waals surface area (Å²) in [5.41, 5.74) is -0.669. The number of aliphatic carboxylic acids is 1. The third-order valence-electron chi connectivity index (χ3n) is 1.96. The molecule has 0 saturated heterocycles. The van der Waals surface area contributed by atoms with Gasteiger partial charge in [-0.3, -0.25) is 4.79 Å². The monoisotopic (exact) mass is 211 g/mol. The maximum atomic E-state index is 11.2. The molecule has 0 aliphatic carbocycles. The third kappa shape index (κ3) is 2.22. The number of nitrogens with zero attached hydrogens (tertiary/aromatic N) is 1. The molecule has 1 aromatic heterocycles. The fourth-order valence-corrected chi connectivity index (χ4v) is 1.05. The van der Waals surface area contributed by atoms with Gasteiger partial charge in [-0.1, -0.05) is 0 Å². The van der Waals surface area contributed by atoms with Crippen LogP contribution in [0, 0.1) is 0 Å². The first kappa shape index (κ1) is 11.0. The molecule has 6 heteroatoms. The Morgan fingerprint density at radius 2 is 1.93 bits per heavy atom.